The van der Waals surface area contributed by atoms with Gasteiger partial charge in [0.2, 0.25) is 5.88 Å². The molecule has 1 rings (SSSR count). The highest BCUT2D eigenvalue weighted by Gasteiger charge is 2.29. The van der Waals surface area contributed by atoms with Gasteiger partial charge in [-0.2, -0.15) is 0 Å². The van der Waals surface area contributed by atoms with Crippen molar-refractivity contribution in [3.63, 3.8) is 0 Å². The Balaban J connectivity index is 3.05. The Morgan fingerprint density at radius 1 is 1.25 bits per heavy atom. The minimum Gasteiger partial charge on any atom is -0.481 e. The average molecular weight is 246 g/mol. The van der Waals surface area contributed by atoms with Crippen molar-refractivity contribution >= 4 is 13.0 Å². The fraction of sp³-hybridized carbons (Fsp3) is 0.556. The summed E-state index contributed by atoms with van der Waals surface area (Å²) in [6, 6.07) is 1.45. The minimum absolute atomic E-state index is 0.211. The first-order valence-electron chi connectivity index (χ1n) is 4.92. The molecular weight excluding hydrogens is 231 g/mol. The fourth-order valence-electron chi connectivity index (χ4n) is 1.10. The van der Waals surface area contributed by atoms with E-state index in [4.69, 9.17) is 13.8 Å². The second-order valence-electron chi connectivity index (χ2n) is 2.75. The predicted octanol–water partition coefficient (Wildman–Crippen LogP) is 1.38. The van der Waals surface area contributed by atoms with Gasteiger partial charge in [0.15, 0.2) is 5.44 Å². The highest BCUT2D eigenvalue weighted by Crippen LogP contribution is 2.46. The quantitative estimate of drug-likeness (QED) is 0.706. The molecule has 0 aliphatic carbocycles. The van der Waals surface area contributed by atoms with Crippen LogP contribution >= 0.6 is 7.60 Å². The zero-order chi connectivity index (χ0) is 12.0. The lowest BCUT2D eigenvalue weighted by molar-refractivity contribution is 0.229. The highest BCUT2D eigenvalue weighted by molar-refractivity contribution is 7.61. The molecule has 0 saturated carbocycles. The van der Waals surface area contributed by atoms with E-state index in [0.29, 0.717) is 5.88 Å². The summed E-state index contributed by atoms with van der Waals surface area (Å²) in [6.45, 7) is 4.04. The predicted molar refractivity (Wildman–Crippen MR) is 59.1 cm³/mol. The molecule has 0 saturated heterocycles. The molecule has 1 heterocycles. The summed E-state index contributed by atoms with van der Waals surface area (Å²) in [5, 5.41) is 0. The van der Waals surface area contributed by atoms with Crippen LogP contribution in [0.5, 0.6) is 5.88 Å². The second-order valence-corrected chi connectivity index (χ2v) is 4.72. The van der Waals surface area contributed by atoms with E-state index in [-0.39, 0.29) is 18.6 Å². The van der Waals surface area contributed by atoms with Crippen LogP contribution in [0.4, 0.5) is 0 Å². The molecule has 6 nitrogen and oxygen atoms in total. The van der Waals surface area contributed by atoms with Crippen molar-refractivity contribution in [1.82, 2.24) is 9.97 Å². The van der Waals surface area contributed by atoms with Gasteiger partial charge < -0.3 is 13.8 Å². The number of hydrogen-bond acceptors (Lipinski definition) is 6. The van der Waals surface area contributed by atoms with Crippen LogP contribution in [0, 0.1) is 0 Å². The minimum atomic E-state index is -3.34. The summed E-state index contributed by atoms with van der Waals surface area (Å²) < 4.78 is 27.5. The molecule has 0 fully saturated rings. The van der Waals surface area contributed by atoms with E-state index in [0.717, 1.165) is 0 Å². The number of aromatic nitrogens is 2. The molecular formula is C9H15N2O4P. The largest absolute Gasteiger partial charge is 0.481 e. The van der Waals surface area contributed by atoms with Gasteiger partial charge in [0, 0.05) is 6.07 Å². The van der Waals surface area contributed by atoms with Gasteiger partial charge in [0.25, 0.3) is 0 Å². The summed E-state index contributed by atoms with van der Waals surface area (Å²) in [6.07, 6.45) is 1.26. The molecule has 0 atom stereocenters. The molecule has 0 spiro atoms. The fourth-order valence-corrected chi connectivity index (χ4v) is 2.58. The van der Waals surface area contributed by atoms with Gasteiger partial charge in [-0.3, -0.25) is 4.57 Å². The van der Waals surface area contributed by atoms with Crippen molar-refractivity contribution < 1.29 is 18.3 Å². The monoisotopic (exact) mass is 246 g/mol. The third-order valence-electron chi connectivity index (χ3n) is 1.72. The lowest BCUT2D eigenvalue weighted by Gasteiger charge is -2.15. The SMILES string of the molecule is CCOP(=O)(OCC)c1cc(OC)ncn1. The first-order chi connectivity index (χ1) is 7.66. The third kappa shape index (κ3) is 3.01. The third-order valence-corrected chi connectivity index (χ3v) is 3.72. The summed E-state index contributed by atoms with van der Waals surface area (Å²) in [5.41, 5.74) is 0.211. The Labute approximate surface area is 94.5 Å². The van der Waals surface area contributed by atoms with Crippen LogP contribution in [0.25, 0.3) is 0 Å². The lowest BCUT2D eigenvalue weighted by atomic mass is 10.6. The van der Waals surface area contributed by atoms with Gasteiger partial charge in [-0.1, -0.05) is 0 Å². The lowest BCUT2D eigenvalue weighted by Crippen LogP contribution is -2.15. The van der Waals surface area contributed by atoms with E-state index < -0.39 is 7.60 Å². The Morgan fingerprint density at radius 3 is 2.38 bits per heavy atom. The van der Waals surface area contributed by atoms with Crippen LogP contribution in [-0.2, 0) is 13.6 Å². The highest BCUT2D eigenvalue weighted by atomic mass is 31.2. The topological polar surface area (TPSA) is 70.5 Å². The standard InChI is InChI=1S/C9H15N2O4P/c1-4-14-16(12,15-5-2)9-6-8(13-3)10-7-11-9/h6-7H,4-5H2,1-3H3. The zero-order valence-electron chi connectivity index (χ0n) is 9.54. The van der Waals surface area contributed by atoms with Crippen LogP contribution in [0.1, 0.15) is 13.8 Å². The van der Waals surface area contributed by atoms with Gasteiger partial charge in [0.05, 0.1) is 20.3 Å². The molecule has 0 radical (unpaired) electrons. The van der Waals surface area contributed by atoms with E-state index in [2.05, 4.69) is 9.97 Å². The number of nitrogens with zero attached hydrogens (tertiary/aromatic N) is 2. The molecule has 0 aromatic carbocycles. The maximum absolute atomic E-state index is 12.3. The molecule has 16 heavy (non-hydrogen) atoms. The van der Waals surface area contributed by atoms with Crippen LogP contribution in [-0.4, -0.2) is 30.3 Å². The van der Waals surface area contributed by atoms with Crippen molar-refractivity contribution in [2.75, 3.05) is 20.3 Å². The molecule has 0 amide bonds. The van der Waals surface area contributed by atoms with Crippen LogP contribution in [0.3, 0.4) is 0 Å². The Bertz CT molecular complexity index is 376. The van der Waals surface area contributed by atoms with Crippen molar-refractivity contribution in [2.45, 2.75) is 13.8 Å². The smallest absolute Gasteiger partial charge is 0.379 e. The van der Waals surface area contributed by atoms with Crippen molar-refractivity contribution in [3.8, 4) is 5.88 Å². The molecule has 0 unspecified atom stereocenters. The van der Waals surface area contributed by atoms with Crippen molar-refractivity contribution in [2.24, 2.45) is 0 Å². The first kappa shape index (κ1) is 13.1. The molecule has 0 bridgehead atoms. The maximum atomic E-state index is 12.3. The van der Waals surface area contributed by atoms with Gasteiger partial charge >= 0.3 is 7.60 Å². The van der Waals surface area contributed by atoms with Crippen molar-refractivity contribution in [3.05, 3.63) is 12.4 Å². The number of ether oxygens (including phenoxy) is 1. The van der Waals surface area contributed by atoms with Gasteiger partial charge in [-0.25, -0.2) is 9.97 Å². The zero-order valence-corrected chi connectivity index (χ0v) is 10.4. The molecule has 7 heteroatoms. The number of methoxy groups -OCH3 is 1. The molecule has 0 aliphatic heterocycles. The molecule has 1 aromatic heterocycles. The molecule has 0 aliphatic rings. The Kier molecular flexibility index (Phi) is 4.86. The van der Waals surface area contributed by atoms with E-state index in [1.54, 1.807) is 13.8 Å². The first-order valence-corrected chi connectivity index (χ1v) is 6.46. The van der Waals surface area contributed by atoms with Gasteiger partial charge in [-0.05, 0) is 13.8 Å². The number of rotatable bonds is 6. The Hall–Kier alpha value is -0.970. The molecule has 0 N–H and O–H groups in total. The van der Waals surface area contributed by atoms with Gasteiger partial charge in [-0.15, -0.1) is 0 Å². The Morgan fingerprint density at radius 2 is 1.88 bits per heavy atom. The van der Waals surface area contributed by atoms with Gasteiger partial charge in [0.1, 0.15) is 6.33 Å². The second kappa shape index (κ2) is 5.94. The summed E-state index contributed by atoms with van der Waals surface area (Å²) in [7, 11) is -1.87. The van der Waals surface area contributed by atoms with Crippen LogP contribution < -0.4 is 10.2 Å². The van der Waals surface area contributed by atoms with E-state index in [1.807, 2.05) is 0 Å². The average Bonchev–Trinajstić information content (AvgIpc) is 2.30. The molecule has 1 aromatic rings. The summed E-state index contributed by atoms with van der Waals surface area (Å²) in [5.74, 6) is 0.324. The van der Waals surface area contributed by atoms with Crippen LogP contribution in [0.15, 0.2) is 12.4 Å². The normalized spacial score (nSPS) is 11.4. The number of hydrogen-bond donors (Lipinski definition) is 0. The summed E-state index contributed by atoms with van der Waals surface area (Å²) in [4.78, 5) is 7.72. The van der Waals surface area contributed by atoms with E-state index in [1.165, 1.54) is 19.5 Å². The maximum Gasteiger partial charge on any atom is 0.379 e. The van der Waals surface area contributed by atoms with Crippen LogP contribution in [0.2, 0.25) is 0 Å². The molecule has 90 valence electrons. The van der Waals surface area contributed by atoms with E-state index >= 15 is 0 Å². The summed E-state index contributed by atoms with van der Waals surface area (Å²) >= 11 is 0. The van der Waals surface area contributed by atoms with Crippen molar-refractivity contribution in [1.29, 1.82) is 0 Å². The van der Waals surface area contributed by atoms with E-state index in [9.17, 15) is 4.57 Å².